The highest BCUT2D eigenvalue weighted by molar-refractivity contribution is 5.19. The monoisotopic (exact) mass is 248 g/mol. The van der Waals surface area contributed by atoms with Crippen molar-refractivity contribution in [1.82, 2.24) is 0 Å². The fraction of sp³-hybridized carbons (Fsp3) is 0.500. The lowest BCUT2D eigenvalue weighted by Gasteiger charge is -2.24. The largest absolute Gasteiger partial charge is 0.388 e. The third kappa shape index (κ3) is 4.28. The van der Waals surface area contributed by atoms with Crippen LogP contribution < -0.4 is 0 Å². The first-order valence-corrected chi connectivity index (χ1v) is 6.45. The minimum atomic E-state index is -0.475. The van der Waals surface area contributed by atoms with Crippen molar-refractivity contribution in [2.45, 2.75) is 26.4 Å². The quantitative estimate of drug-likeness (QED) is 0.747. The summed E-state index contributed by atoms with van der Waals surface area (Å²) in [6, 6.07) is 9.72. The molecule has 0 saturated carbocycles. The average Bonchev–Trinajstić information content (AvgIpc) is 2.36. The minimum absolute atomic E-state index is 0.299. The van der Waals surface area contributed by atoms with Crippen LogP contribution in [-0.2, 0) is 4.74 Å². The topological polar surface area (TPSA) is 29.5 Å². The molecule has 1 aromatic rings. The Labute approximate surface area is 110 Å². The Morgan fingerprint density at radius 1 is 1.28 bits per heavy atom. The zero-order valence-corrected chi connectivity index (χ0v) is 11.6. The van der Waals surface area contributed by atoms with Crippen LogP contribution in [0.5, 0.6) is 0 Å². The van der Waals surface area contributed by atoms with Crippen LogP contribution in [0.2, 0.25) is 0 Å². The van der Waals surface area contributed by atoms with Crippen LogP contribution in [-0.4, -0.2) is 18.8 Å². The van der Waals surface area contributed by atoms with E-state index in [-0.39, 0.29) is 0 Å². The first-order chi connectivity index (χ1) is 8.56. The van der Waals surface area contributed by atoms with E-state index in [1.807, 2.05) is 30.3 Å². The SMILES string of the molecule is C=C(C[C@H](O)c1ccccc1)[C@@H](COC)C(C)C. The molecule has 0 unspecified atom stereocenters. The highest BCUT2D eigenvalue weighted by Crippen LogP contribution is 2.28. The van der Waals surface area contributed by atoms with E-state index < -0.39 is 6.10 Å². The first kappa shape index (κ1) is 14.9. The molecule has 0 aliphatic heterocycles. The summed E-state index contributed by atoms with van der Waals surface area (Å²) in [5.74, 6) is 0.772. The summed E-state index contributed by atoms with van der Waals surface area (Å²) in [6.45, 7) is 9.10. The predicted molar refractivity (Wildman–Crippen MR) is 75.4 cm³/mol. The van der Waals surface area contributed by atoms with Crippen molar-refractivity contribution in [2.24, 2.45) is 11.8 Å². The van der Waals surface area contributed by atoms with Gasteiger partial charge in [-0.25, -0.2) is 0 Å². The van der Waals surface area contributed by atoms with E-state index in [1.165, 1.54) is 0 Å². The van der Waals surface area contributed by atoms with E-state index in [1.54, 1.807) is 7.11 Å². The number of hydrogen-bond donors (Lipinski definition) is 1. The summed E-state index contributed by atoms with van der Waals surface area (Å²) < 4.78 is 5.23. The van der Waals surface area contributed by atoms with Gasteiger partial charge in [0.2, 0.25) is 0 Å². The molecular formula is C16H24O2. The molecule has 0 fully saturated rings. The van der Waals surface area contributed by atoms with Gasteiger partial charge in [0.1, 0.15) is 0 Å². The molecule has 0 aromatic heterocycles. The van der Waals surface area contributed by atoms with E-state index >= 15 is 0 Å². The summed E-state index contributed by atoms with van der Waals surface area (Å²) >= 11 is 0. The second kappa shape index (κ2) is 7.34. The van der Waals surface area contributed by atoms with Crippen LogP contribution in [0, 0.1) is 11.8 Å². The molecule has 0 amide bonds. The fourth-order valence-electron chi connectivity index (χ4n) is 2.15. The summed E-state index contributed by atoms with van der Waals surface area (Å²) in [5, 5.41) is 10.2. The van der Waals surface area contributed by atoms with Crippen LogP contribution in [0.25, 0.3) is 0 Å². The third-order valence-electron chi connectivity index (χ3n) is 3.32. The standard InChI is InChI=1S/C16H24O2/c1-12(2)15(11-18-4)13(3)10-16(17)14-8-6-5-7-9-14/h5-9,12,15-17H,3,10-11H2,1-2,4H3/t15-,16-/m0/s1. The van der Waals surface area contributed by atoms with Crippen molar-refractivity contribution in [2.75, 3.05) is 13.7 Å². The number of methoxy groups -OCH3 is 1. The Kier molecular flexibility index (Phi) is 6.10. The lowest BCUT2D eigenvalue weighted by atomic mass is 9.86. The van der Waals surface area contributed by atoms with Gasteiger partial charge in [0.05, 0.1) is 12.7 Å². The molecule has 0 bridgehead atoms. The van der Waals surface area contributed by atoms with Gasteiger partial charge in [-0.1, -0.05) is 56.3 Å². The number of rotatable bonds is 7. The molecule has 1 rings (SSSR count). The van der Waals surface area contributed by atoms with Gasteiger partial charge in [-0.05, 0) is 17.9 Å². The Morgan fingerprint density at radius 3 is 2.39 bits per heavy atom. The Balaban J connectivity index is 2.63. The first-order valence-electron chi connectivity index (χ1n) is 6.45. The lowest BCUT2D eigenvalue weighted by Crippen LogP contribution is -2.18. The Morgan fingerprint density at radius 2 is 1.89 bits per heavy atom. The predicted octanol–water partition coefficient (Wildman–Crippen LogP) is 3.58. The second-order valence-electron chi connectivity index (χ2n) is 5.09. The van der Waals surface area contributed by atoms with Crippen molar-refractivity contribution < 1.29 is 9.84 Å². The van der Waals surface area contributed by atoms with Gasteiger partial charge in [0, 0.05) is 13.0 Å². The third-order valence-corrected chi connectivity index (χ3v) is 3.32. The Bertz CT molecular complexity index is 357. The van der Waals surface area contributed by atoms with Gasteiger partial charge < -0.3 is 9.84 Å². The smallest absolute Gasteiger partial charge is 0.0827 e. The van der Waals surface area contributed by atoms with Crippen LogP contribution in [0.3, 0.4) is 0 Å². The van der Waals surface area contributed by atoms with Crippen LogP contribution in [0.1, 0.15) is 31.9 Å². The van der Waals surface area contributed by atoms with E-state index in [9.17, 15) is 5.11 Å². The maximum absolute atomic E-state index is 10.2. The number of ether oxygens (including phenoxy) is 1. The van der Waals surface area contributed by atoms with E-state index in [0.717, 1.165) is 11.1 Å². The lowest BCUT2D eigenvalue weighted by molar-refractivity contribution is 0.131. The molecule has 1 aromatic carbocycles. The normalized spacial score (nSPS) is 14.5. The molecule has 1 N–H and O–H groups in total. The summed E-state index contributed by atoms with van der Waals surface area (Å²) in [5.41, 5.74) is 2.00. The van der Waals surface area contributed by atoms with Crippen LogP contribution in [0.15, 0.2) is 42.5 Å². The van der Waals surface area contributed by atoms with Crippen molar-refractivity contribution in [1.29, 1.82) is 0 Å². The number of aliphatic hydroxyl groups excluding tert-OH is 1. The van der Waals surface area contributed by atoms with Gasteiger partial charge in [0.25, 0.3) is 0 Å². The summed E-state index contributed by atoms with van der Waals surface area (Å²) in [4.78, 5) is 0. The van der Waals surface area contributed by atoms with Crippen molar-refractivity contribution in [3.8, 4) is 0 Å². The zero-order valence-electron chi connectivity index (χ0n) is 11.6. The summed E-state index contributed by atoms with van der Waals surface area (Å²) in [7, 11) is 1.70. The molecule has 2 atom stereocenters. The molecule has 0 aliphatic carbocycles. The molecule has 18 heavy (non-hydrogen) atoms. The van der Waals surface area contributed by atoms with Gasteiger partial charge in [-0.2, -0.15) is 0 Å². The highest BCUT2D eigenvalue weighted by atomic mass is 16.5. The molecule has 2 heteroatoms. The van der Waals surface area contributed by atoms with Crippen molar-refractivity contribution >= 4 is 0 Å². The molecule has 0 spiro atoms. The molecule has 0 heterocycles. The maximum Gasteiger partial charge on any atom is 0.0827 e. The van der Waals surface area contributed by atoms with Crippen LogP contribution >= 0.6 is 0 Å². The van der Waals surface area contributed by atoms with Crippen molar-refractivity contribution in [3.63, 3.8) is 0 Å². The van der Waals surface area contributed by atoms with E-state index in [2.05, 4.69) is 20.4 Å². The second-order valence-corrected chi connectivity index (χ2v) is 5.09. The zero-order chi connectivity index (χ0) is 13.5. The number of aliphatic hydroxyl groups is 1. The number of hydrogen-bond acceptors (Lipinski definition) is 2. The molecule has 0 saturated heterocycles. The molecule has 0 radical (unpaired) electrons. The number of benzene rings is 1. The Hall–Kier alpha value is -1.12. The average molecular weight is 248 g/mol. The van der Waals surface area contributed by atoms with Gasteiger partial charge in [0.15, 0.2) is 0 Å². The van der Waals surface area contributed by atoms with Gasteiger partial charge >= 0.3 is 0 Å². The molecule has 100 valence electrons. The highest BCUT2D eigenvalue weighted by Gasteiger charge is 2.19. The van der Waals surface area contributed by atoms with Gasteiger partial charge in [-0.3, -0.25) is 0 Å². The van der Waals surface area contributed by atoms with Crippen molar-refractivity contribution in [3.05, 3.63) is 48.0 Å². The molecular weight excluding hydrogens is 224 g/mol. The summed E-state index contributed by atoms with van der Waals surface area (Å²) in [6.07, 6.45) is 0.118. The maximum atomic E-state index is 10.2. The van der Waals surface area contributed by atoms with Gasteiger partial charge in [-0.15, -0.1) is 0 Å². The minimum Gasteiger partial charge on any atom is -0.388 e. The fourth-order valence-corrected chi connectivity index (χ4v) is 2.15. The van der Waals surface area contributed by atoms with E-state index in [0.29, 0.717) is 24.9 Å². The molecule has 0 aliphatic rings. The van der Waals surface area contributed by atoms with E-state index in [4.69, 9.17) is 4.74 Å². The molecule has 2 nitrogen and oxygen atoms in total. The van der Waals surface area contributed by atoms with Crippen LogP contribution in [0.4, 0.5) is 0 Å².